The van der Waals surface area contributed by atoms with E-state index in [1.807, 2.05) is 0 Å². The van der Waals surface area contributed by atoms with E-state index in [2.05, 4.69) is 4.98 Å². The molecule has 1 aromatic heterocycles. The smallest absolute Gasteiger partial charge is 0.328 e. The van der Waals surface area contributed by atoms with Gasteiger partial charge in [-0.1, -0.05) is 0 Å². The minimum Gasteiger partial charge on any atom is -0.480 e. The van der Waals surface area contributed by atoms with Crippen molar-refractivity contribution in [1.29, 1.82) is 0 Å². The first kappa shape index (κ1) is 14.3. The summed E-state index contributed by atoms with van der Waals surface area (Å²) in [7, 11) is 2.80. The zero-order valence-electron chi connectivity index (χ0n) is 11.7. The van der Waals surface area contributed by atoms with Gasteiger partial charge in [0.1, 0.15) is 11.6 Å². The van der Waals surface area contributed by atoms with E-state index < -0.39 is 6.04 Å². The number of likely N-dealkylation sites (tertiary alicyclic amines) is 1. The normalized spacial score (nSPS) is 18.5. The molecule has 0 N–H and O–H groups in total. The average Bonchev–Trinajstić information content (AvgIpc) is 2.53. The highest BCUT2D eigenvalue weighted by Crippen LogP contribution is 2.23. The number of methoxy groups -OCH3 is 2. The molecule has 0 saturated carbocycles. The number of ether oxygens (including phenoxy) is 2. The van der Waals surface area contributed by atoms with Crippen LogP contribution in [0.4, 0.5) is 0 Å². The van der Waals surface area contributed by atoms with Gasteiger partial charge in [0.05, 0.1) is 14.2 Å². The number of hydrogen-bond acceptors (Lipinski definition) is 5. The zero-order valence-corrected chi connectivity index (χ0v) is 11.7. The number of piperidine rings is 1. The Labute approximate surface area is 117 Å². The summed E-state index contributed by atoms with van der Waals surface area (Å²) >= 11 is 0. The maximum atomic E-state index is 12.6. The number of carbonyl (C=O) groups excluding carboxylic acids is 2. The molecule has 1 atom stereocenters. The van der Waals surface area contributed by atoms with Crippen LogP contribution < -0.4 is 4.74 Å². The predicted octanol–water partition coefficient (Wildman–Crippen LogP) is 1.26. The fourth-order valence-corrected chi connectivity index (χ4v) is 2.43. The molecule has 0 unspecified atom stereocenters. The lowest BCUT2D eigenvalue weighted by Crippen LogP contribution is -2.48. The second kappa shape index (κ2) is 6.36. The number of aromatic nitrogens is 1. The fourth-order valence-electron chi connectivity index (χ4n) is 2.43. The average molecular weight is 278 g/mol. The van der Waals surface area contributed by atoms with Gasteiger partial charge in [0.2, 0.25) is 5.88 Å². The molecule has 1 aliphatic rings. The van der Waals surface area contributed by atoms with E-state index in [0.717, 1.165) is 12.8 Å². The van der Waals surface area contributed by atoms with E-state index in [-0.39, 0.29) is 17.8 Å². The van der Waals surface area contributed by atoms with Crippen molar-refractivity contribution in [2.24, 2.45) is 0 Å². The Morgan fingerprint density at radius 3 is 2.85 bits per heavy atom. The van der Waals surface area contributed by atoms with Crippen LogP contribution in [0.3, 0.4) is 0 Å². The van der Waals surface area contributed by atoms with Crippen LogP contribution in [-0.2, 0) is 9.53 Å². The summed E-state index contributed by atoms with van der Waals surface area (Å²) in [6, 6.07) is 2.80. The largest absolute Gasteiger partial charge is 0.480 e. The summed E-state index contributed by atoms with van der Waals surface area (Å²) in [5, 5.41) is 0. The first-order valence-corrected chi connectivity index (χ1v) is 6.57. The molecular formula is C14H18N2O4. The molecule has 1 amide bonds. The third-order valence-corrected chi connectivity index (χ3v) is 3.43. The number of amides is 1. The number of hydrogen-bond donors (Lipinski definition) is 0. The molecule has 0 aliphatic carbocycles. The third-order valence-electron chi connectivity index (χ3n) is 3.43. The van der Waals surface area contributed by atoms with Crippen LogP contribution in [0.15, 0.2) is 18.3 Å². The molecule has 2 rings (SSSR count). The van der Waals surface area contributed by atoms with Crippen LogP contribution in [0.25, 0.3) is 0 Å². The summed E-state index contributed by atoms with van der Waals surface area (Å²) in [6.45, 7) is 0.538. The van der Waals surface area contributed by atoms with Gasteiger partial charge in [-0.25, -0.2) is 9.78 Å². The van der Waals surface area contributed by atoms with E-state index in [1.54, 1.807) is 23.2 Å². The Hall–Kier alpha value is -2.11. The van der Waals surface area contributed by atoms with Crippen LogP contribution in [0.1, 0.15) is 29.6 Å². The molecule has 0 radical (unpaired) electrons. The molecule has 20 heavy (non-hydrogen) atoms. The Kier molecular flexibility index (Phi) is 4.55. The predicted molar refractivity (Wildman–Crippen MR) is 71.5 cm³/mol. The number of esters is 1. The van der Waals surface area contributed by atoms with Crippen LogP contribution in [-0.4, -0.2) is 48.6 Å². The number of carbonyl (C=O) groups is 2. The van der Waals surface area contributed by atoms with Crippen molar-refractivity contribution in [2.45, 2.75) is 25.3 Å². The first-order chi connectivity index (χ1) is 9.69. The van der Waals surface area contributed by atoms with Crippen molar-refractivity contribution in [2.75, 3.05) is 20.8 Å². The van der Waals surface area contributed by atoms with Crippen molar-refractivity contribution in [3.8, 4) is 5.88 Å². The lowest BCUT2D eigenvalue weighted by Gasteiger charge is -2.33. The monoisotopic (exact) mass is 278 g/mol. The first-order valence-electron chi connectivity index (χ1n) is 6.57. The standard InChI is InChI=1S/C14H18N2O4/c1-19-12-10(6-5-8-15-12)13(17)16-9-4-3-7-11(16)14(18)20-2/h5-6,8,11H,3-4,7,9H2,1-2H3/t11-/m1/s1. The quantitative estimate of drug-likeness (QED) is 0.778. The fraction of sp³-hybridized carbons (Fsp3) is 0.500. The highest BCUT2D eigenvalue weighted by molar-refractivity contribution is 5.98. The molecule has 6 heteroatoms. The summed E-state index contributed by atoms with van der Waals surface area (Å²) in [4.78, 5) is 30.0. The van der Waals surface area contributed by atoms with Crippen LogP contribution >= 0.6 is 0 Å². The van der Waals surface area contributed by atoms with E-state index in [0.29, 0.717) is 18.5 Å². The minimum absolute atomic E-state index is 0.245. The molecule has 0 aromatic carbocycles. The van der Waals surface area contributed by atoms with Gasteiger partial charge in [-0.15, -0.1) is 0 Å². The van der Waals surface area contributed by atoms with E-state index in [9.17, 15) is 9.59 Å². The van der Waals surface area contributed by atoms with Crippen LogP contribution in [0.5, 0.6) is 5.88 Å². The maximum Gasteiger partial charge on any atom is 0.328 e. The second-order valence-corrected chi connectivity index (χ2v) is 4.59. The second-order valence-electron chi connectivity index (χ2n) is 4.59. The van der Waals surface area contributed by atoms with Gasteiger partial charge in [-0.2, -0.15) is 0 Å². The zero-order chi connectivity index (χ0) is 14.5. The maximum absolute atomic E-state index is 12.6. The number of nitrogens with zero attached hydrogens (tertiary/aromatic N) is 2. The Morgan fingerprint density at radius 2 is 2.15 bits per heavy atom. The highest BCUT2D eigenvalue weighted by atomic mass is 16.5. The van der Waals surface area contributed by atoms with Gasteiger partial charge in [-0.05, 0) is 31.4 Å². The SMILES string of the molecule is COC(=O)[C@H]1CCCCN1C(=O)c1cccnc1OC. The highest BCUT2D eigenvalue weighted by Gasteiger charge is 2.34. The van der Waals surface area contributed by atoms with Gasteiger partial charge in [-0.3, -0.25) is 4.79 Å². The topological polar surface area (TPSA) is 68.7 Å². The van der Waals surface area contributed by atoms with Gasteiger partial charge in [0, 0.05) is 12.7 Å². The Bertz CT molecular complexity index is 504. The van der Waals surface area contributed by atoms with Gasteiger partial charge in [0.15, 0.2) is 0 Å². The molecule has 0 bridgehead atoms. The summed E-state index contributed by atoms with van der Waals surface area (Å²) in [5.41, 5.74) is 0.366. The van der Waals surface area contributed by atoms with E-state index in [4.69, 9.17) is 9.47 Å². The molecule has 1 saturated heterocycles. The molecule has 2 heterocycles. The van der Waals surface area contributed by atoms with Gasteiger partial charge >= 0.3 is 5.97 Å². The molecular weight excluding hydrogens is 260 g/mol. The minimum atomic E-state index is -0.522. The number of rotatable bonds is 3. The van der Waals surface area contributed by atoms with Crippen LogP contribution in [0.2, 0.25) is 0 Å². The van der Waals surface area contributed by atoms with Crippen molar-refractivity contribution in [1.82, 2.24) is 9.88 Å². The van der Waals surface area contributed by atoms with Crippen LogP contribution in [0, 0.1) is 0 Å². The lowest BCUT2D eigenvalue weighted by atomic mass is 10.0. The Balaban J connectivity index is 2.27. The summed E-state index contributed by atoms with van der Waals surface area (Å²) < 4.78 is 9.89. The van der Waals surface area contributed by atoms with Gasteiger partial charge in [0.25, 0.3) is 5.91 Å². The van der Waals surface area contributed by atoms with E-state index in [1.165, 1.54) is 14.2 Å². The molecule has 1 fully saturated rings. The van der Waals surface area contributed by atoms with Gasteiger partial charge < -0.3 is 14.4 Å². The van der Waals surface area contributed by atoms with E-state index >= 15 is 0 Å². The third kappa shape index (κ3) is 2.74. The van der Waals surface area contributed by atoms with Crippen molar-refractivity contribution in [3.63, 3.8) is 0 Å². The molecule has 108 valence electrons. The molecule has 1 aromatic rings. The number of pyridine rings is 1. The van der Waals surface area contributed by atoms with Crippen molar-refractivity contribution in [3.05, 3.63) is 23.9 Å². The Morgan fingerprint density at radius 1 is 1.35 bits per heavy atom. The van der Waals surface area contributed by atoms with Crippen molar-refractivity contribution >= 4 is 11.9 Å². The lowest BCUT2D eigenvalue weighted by molar-refractivity contribution is -0.147. The van der Waals surface area contributed by atoms with Crippen molar-refractivity contribution < 1.29 is 19.1 Å². The molecule has 1 aliphatic heterocycles. The summed E-state index contributed by atoms with van der Waals surface area (Å²) in [6.07, 6.45) is 3.97. The molecule has 0 spiro atoms. The molecule has 6 nitrogen and oxygen atoms in total. The summed E-state index contributed by atoms with van der Waals surface area (Å²) in [5.74, 6) is -0.349.